The van der Waals surface area contributed by atoms with E-state index in [1.54, 1.807) is 24.3 Å². The minimum absolute atomic E-state index is 0.214. The molecule has 4 rings (SSSR count). The van der Waals surface area contributed by atoms with Crippen LogP contribution in [0.4, 0.5) is 5.69 Å². The summed E-state index contributed by atoms with van der Waals surface area (Å²) in [6.07, 6.45) is 4.27. The van der Waals surface area contributed by atoms with E-state index in [9.17, 15) is 8.42 Å². The number of sulfonamides is 1. The predicted molar refractivity (Wildman–Crippen MR) is 112 cm³/mol. The van der Waals surface area contributed by atoms with Crippen LogP contribution in [0.1, 0.15) is 24.1 Å². The molecule has 0 aliphatic heterocycles. The van der Waals surface area contributed by atoms with E-state index in [2.05, 4.69) is 9.71 Å². The number of methoxy groups -OCH3 is 3. The van der Waals surface area contributed by atoms with Gasteiger partial charge in [0.05, 0.1) is 31.9 Å². The van der Waals surface area contributed by atoms with Crippen LogP contribution in [0.3, 0.4) is 0 Å². The highest BCUT2D eigenvalue weighted by Crippen LogP contribution is 2.40. The summed E-state index contributed by atoms with van der Waals surface area (Å²) in [5, 5.41) is 0.979. The van der Waals surface area contributed by atoms with Crippen LogP contribution in [0, 0.1) is 0 Å². The van der Waals surface area contributed by atoms with Crippen LogP contribution in [0.25, 0.3) is 10.9 Å². The summed E-state index contributed by atoms with van der Waals surface area (Å²) in [6, 6.07) is 8.32. The topological polar surface area (TPSA) is 89.7 Å². The van der Waals surface area contributed by atoms with Gasteiger partial charge in [0.15, 0.2) is 11.5 Å². The Kier molecular flexibility index (Phi) is 5.04. The highest BCUT2D eigenvalue weighted by molar-refractivity contribution is 7.92. The van der Waals surface area contributed by atoms with Gasteiger partial charge in [-0.1, -0.05) is 0 Å². The van der Waals surface area contributed by atoms with Gasteiger partial charge in [0.1, 0.15) is 0 Å². The molecule has 8 heteroatoms. The molecule has 1 aliphatic rings. The summed E-state index contributed by atoms with van der Waals surface area (Å²) < 4.78 is 44.6. The van der Waals surface area contributed by atoms with Gasteiger partial charge < -0.3 is 19.2 Å². The Labute approximate surface area is 170 Å². The fourth-order valence-corrected chi connectivity index (χ4v) is 4.97. The molecule has 0 amide bonds. The molecular formula is C21H24N2O5S. The Hall–Kier alpha value is -2.87. The van der Waals surface area contributed by atoms with Crippen molar-refractivity contribution in [1.82, 2.24) is 4.98 Å². The normalized spacial score (nSPS) is 13.8. The van der Waals surface area contributed by atoms with E-state index in [4.69, 9.17) is 14.2 Å². The van der Waals surface area contributed by atoms with Crippen molar-refractivity contribution in [3.05, 3.63) is 41.6 Å². The number of aromatic amines is 1. The molecule has 154 valence electrons. The average molecular weight is 416 g/mol. The van der Waals surface area contributed by atoms with Crippen LogP contribution in [-0.4, -0.2) is 34.7 Å². The standard InChI is InChI=1S/C21H24N2O5S/c1-26-19-10-13(11-20(27-2)21(19)28-3)23-29(24,25)14-8-9-18-16(12-14)15-6-4-5-7-17(15)22-18/h8-12,22-23H,4-7H2,1-3H3. The molecule has 0 saturated heterocycles. The maximum absolute atomic E-state index is 13.1. The monoisotopic (exact) mass is 416 g/mol. The number of benzene rings is 2. The third kappa shape index (κ3) is 3.48. The maximum Gasteiger partial charge on any atom is 0.261 e. The highest BCUT2D eigenvalue weighted by atomic mass is 32.2. The fraction of sp³-hybridized carbons (Fsp3) is 0.333. The first kappa shape index (κ1) is 19.4. The Morgan fingerprint density at radius 2 is 1.62 bits per heavy atom. The molecular weight excluding hydrogens is 392 g/mol. The molecule has 0 atom stereocenters. The molecule has 3 aromatic rings. The Balaban J connectivity index is 1.72. The summed E-state index contributed by atoms with van der Waals surface area (Å²) in [4.78, 5) is 3.64. The Bertz CT molecular complexity index is 1140. The lowest BCUT2D eigenvalue weighted by Gasteiger charge is -2.15. The minimum Gasteiger partial charge on any atom is -0.493 e. The van der Waals surface area contributed by atoms with E-state index in [0.717, 1.165) is 36.6 Å². The number of anilines is 1. The highest BCUT2D eigenvalue weighted by Gasteiger charge is 2.21. The molecule has 29 heavy (non-hydrogen) atoms. The zero-order valence-electron chi connectivity index (χ0n) is 16.7. The van der Waals surface area contributed by atoms with Gasteiger partial charge in [-0.05, 0) is 49.4 Å². The van der Waals surface area contributed by atoms with Crippen LogP contribution in [0.5, 0.6) is 17.2 Å². The van der Waals surface area contributed by atoms with Gasteiger partial charge in [0.2, 0.25) is 5.75 Å². The first-order chi connectivity index (χ1) is 14.0. The smallest absolute Gasteiger partial charge is 0.261 e. The number of rotatable bonds is 6. The van der Waals surface area contributed by atoms with Crippen LogP contribution < -0.4 is 18.9 Å². The van der Waals surface area contributed by atoms with Gasteiger partial charge in [0, 0.05) is 28.7 Å². The van der Waals surface area contributed by atoms with E-state index < -0.39 is 10.0 Å². The van der Waals surface area contributed by atoms with Crippen LogP contribution in [-0.2, 0) is 22.9 Å². The molecule has 2 N–H and O–H groups in total. The first-order valence-electron chi connectivity index (χ1n) is 9.43. The van der Waals surface area contributed by atoms with Crippen LogP contribution in [0.15, 0.2) is 35.2 Å². The quantitative estimate of drug-likeness (QED) is 0.637. The average Bonchev–Trinajstić information content (AvgIpc) is 3.10. The molecule has 2 aromatic carbocycles. The number of H-pyrrole nitrogens is 1. The largest absolute Gasteiger partial charge is 0.493 e. The van der Waals surface area contributed by atoms with E-state index in [-0.39, 0.29) is 4.90 Å². The lowest BCUT2D eigenvalue weighted by Crippen LogP contribution is -2.13. The molecule has 7 nitrogen and oxygen atoms in total. The second-order valence-electron chi connectivity index (χ2n) is 7.02. The number of fused-ring (bicyclic) bond motifs is 3. The van der Waals surface area contributed by atoms with Crippen molar-refractivity contribution in [3.8, 4) is 17.2 Å². The van der Waals surface area contributed by atoms with Crippen LogP contribution in [0.2, 0.25) is 0 Å². The van der Waals surface area contributed by atoms with Crippen molar-refractivity contribution >= 4 is 26.6 Å². The zero-order valence-corrected chi connectivity index (χ0v) is 17.5. The number of nitrogens with one attached hydrogen (secondary N) is 2. The maximum atomic E-state index is 13.1. The van der Waals surface area contributed by atoms with Gasteiger partial charge in [-0.3, -0.25) is 4.72 Å². The molecule has 0 bridgehead atoms. The van der Waals surface area contributed by atoms with Crippen molar-refractivity contribution in [2.24, 2.45) is 0 Å². The number of hydrogen-bond donors (Lipinski definition) is 2. The molecule has 0 unspecified atom stereocenters. The van der Waals surface area contributed by atoms with Crippen molar-refractivity contribution < 1.29 is 22.6 Å². The zero-order chi connectivity index (χ0) is 20.6. The van der Waals surface area contributed by atoms with Crippen molar-refractivity contribution in [1.29, 1.82) is 0 Å². The summed E-state index contributed by atoms with van der Waals surface area (Å²) in [7, 11) is 0.672. The Morgan fingerprint density at radius 1 is 0.931 bits per heavy atom. The van der Waals surface area contributed by atoms with E-state index >= 15 is 0 Å². The van der Waals surface area contributed by atoms with Crippen molar-refractivity contribution in [3.63, 3.8) is 0 Å². The number of aryl methyl sites for hydroxylation is 2. The second-order valence-corrected chi connectivity index (χ2v) is 8.70. The minimum atomic E-state index is -3.79. The number of ether oxygens (including phenoxy) is 3. The second kappa shape index (κ2) is 7.51. The van der Waals surface area contributed by atoms with Gasteiger partial charge in [-0.2, -0.15) is 0 Å². The van der Waals surface area contributed by atoms with Crippen LogP contribution >= 0.6 is 0 Å². The molecule has 1 aliphatic carbocycles. The molecule has 1 aromatic heterocycles. The summed E-state index contributed by atoms with van der Waals surface area (Å²) in [6.45, 7) is 0. The fourth-order valence-electron chi connectivity index (χ4n) is 3.91. The number of hydrogen-bond acceptors (Lipinski definition) is 5. The lowest BCUT2D eigenvalue weighted by molar-refractivity contribution is 0.325. The van der Waals surface area contributed by atoms with E-state index in [1.165, 1.54) is 32.6 Å². The summed E-state index contributed by atoms with van der Waals surface area (Å²) >= 11 is 0. The SMILES string of the molecule is COc1cc(NS(=O)(=O)c2ccc3[nH]c4c(c3c2)CCCC4)cc(OC)c1OC. The third-order valence-electron chi connectivity index (χ3n) is 5.30. The predicted octanol–water partition coefficient (Wildman–Crippen LogP) is 3.87. The first-order valence-corrected chi connectivity index (χ1v) is 10.9. The van der Waals surface area contributed by atoms with E-state index in [0.29, 0.717) is 22.9 Å². The molecule has 0 radical (unpaired) electrons. The van der Waals surface area contributed by atoms with Crippen molar-refractivity contribution in [2.75, 3.05) is 26.1 Å². The van der Waals surface area contributed by atoms with Gasteiger partial charge in [-0.15, -0.1) is 0 Å². The molecule has 1 heterocycles. The molecule has 0 saturated carbocycles. The molecule has 0 fully saturated rings. The Morgan fingerprint density at radius 3 is 2.28 bits per heavy atom. The van der Waals surface area contributed by atoms with E-state index in [1.807, 2.05) is 6.07 Å². The van der Waals surface area contributed by atoms with Gasteiger partial charge in [-0.25, -0.2) is 8.42 Å². The molecule has 0 spiro atoms. The van der Waals surface area contributed by atoms with Crippen molar-refractivity contribution in [2.45, 2.75) is 30.6 Å². The summed E-state index contributed by atoms with van der Waals surface area (Å²) in [5.74, 6) is 1.15. The third-order valence-corrected chi connectivity index (χ3v) is 6.68. The number of aromatic nitrogens is 1. The van der Waals surface area contributed by atoms with Gasteiger partial charge >= 0.3 is 0 Å². The lowest BCUT2D eigenvalue weighted by atomic mass is 9.96. The van der Waals surface area contributed by atoms with Gasteiger partial charge in [0.25, 0.3) is 10.0 Å². The summed E-state index contributed by atoms with van der Waals surface area (Å²) in [5.41, 5.74) is 3.76.